The van der Waals surface area contributed by atoms with E-state index >= 15 is 0 Å². The Morgan fingerprint density at radius 3 is 2.68 bits per heavy atom. The normalized spacial score (nSPS) is 14.2. The van der Waals surface area contributed by atoms with Crippen molar-refractivity contribution >= 4 is 38.9 Å². The number of fused-ring (bicyclic) bond motifs is 2. The molecule has 0 atom stereocenters. The molecule has 1 aromatic carbocycles. The Kier molecular flexibility index (Phi) is 4.26. The van der Waals surface area contributed by atoms with Crippen molar-refractivity contribution in [3.05, 3.63) is 34.8 Å². The maximum Gasteiger partial charge on any atom is 0.406 e. The van der Waals surface area contributed by atoms with Gasteiger partial charge in [-0.25, -0.2) is 4.98 Å². The molecule has 0 aliphatic heterocycles. The lowest BCUT2D eigenvalue weighted by atomic mass is 10.0. The second kappa shape index (κ2) is 6.18. The number of benzene rings is 1. The van der Waals surface area contributed by atoms with E-state index in [9.17, 15) is 0 Å². The summed E-state index contributed by atoms with van der Waals surface area (Å²) in [6.45, 7) is 0. The monoisotopic (exact) mass is 377 g/mol. The fourth-order valence-electron chi connectivity index (χ4n) is 2.80. The number of nitrogens with two attached hydrogens (primary N) is 1. The highest BCUT2D eigenvalue weighted by Gasteiger charge is 2.20. The lowest BCUT2D eigenvalue weighted by Crippen LogP contribution is -3.00. The zero-order chi connectivity index (χ0) is 14.2. The third-order valence-corrected chi connectivity index (χ3v) is 4.94. The van der Waals surface area contributed by atoms with Crippen LogP contribution in [0.4, 0.5) is 16.8 Å². The second-order valence-electron chi connectivity index (χ2n) is 5.27. The molecule has 0 amide bonds. The fourth-order valence-corrected chi connectivity index (χ4v) is 3.81. The minimum atomic E-state index is 0. The molecule has 0 spiro atoms. The molecule has 7 heteroatoms. The SMILES string of the molecule is Nc1[nH]c(/N=N/c2[nH+]c3c(s2)CCCC3)c2ccccc12.[Br-]. The Morgan fingerprint density at radius 2 is 1.86 bits per heavy atom. The molecule has 0 fully saturated rings. The van der Waals surface area contributed by atoms with Gasteiger partial charge in [0, 0.05) is 17.2 Å². The number of nitrogen functional groups attached to an aromatic ring is 1. The van der Waals surface area contributed by atoms with Gasteiger partial charge in [0.05, 0.1) is 9.99 Å². The maximum atomic E-state index is 5.96. The molecule has 5 nitrogen and oxygen atoms in total. The van der Waals surface area contributed by atoms with Crippen LogP contribution in [0.2, 0.25) is 0 Å². The molecule has 0 saturated carbocycles. The number of H-pyrrole nitrogens is 2. The molecule has 3 aromatic rings. The highest BCUT2D eigenvalue weighted by molar-refractivity contribution is 7.14. The van der Waals surface area contributed by atoms with E-state index in [4.69, 9.17) is 5.73 Å². The van der Waals surface area contributed by atoms with Crippen LogP contribution in [0.3, 0.4) is 0 Å². The van der Waals surface area contributed by atoms with Crippen molar-refractivity contribution in [2.45, 2.75) is 25.7 Å². The van der Waals surface area contributed by atoms with Crippen LogP contribution in [0.5, 0.6) is 0 Å². The van der Waals surface area contributed by atoms with Crippen LogP contribution in [0.25, 0.3) is 10.8 Å². The number of nitrogens with one attached hydrogen (secondary N) is 2. The van der Waals surface area contributed by atoms with Crippen LogP contribution in [0, 0.1) is 0 Å². The first-order valence-corrected chi connectivity index (χ1v) is 7.95. The summed E-state index contributed by atoms with van der Waals surface area (Å²) in [5.41, 5.74) is 7.29. The molecule has 2 aromatic heterocycles. The molecular formula is C15H16BrN5S. The summed E-state index contributed by atoms with van der Waals surface area (Å²) in [4.78, 5) is 7.89. The first-order chi connectivity index (χ1) is 10.3. The van der Waals surface area contributed by atoms with Crippen molar-refractivity contribution in [2.24, 2.45) is 10.2 Å². The number of thiazole rings is 1. The highest BCUT2D eigenvalue weighted by Crippen LogP contribution is 2.32. The summed E-state index contributed by atoms with van der Waals surface area (Å²) in [5.74, 6) is 1.34. The summed E-state index contributed by atoms with van der Waals surface area (Å²) in [6.07, 6.45) is 4.81. The van der Waals surface area contributed by atoms with Crippen LogP contribution in [0.15, 0.2) is 34.5 Å². The molecule has 114 valence electrons. The highest BCUT2D eigenvalue weighted by atomic mass is 79.9. The van der Waals surface area contributed by atoms with Crippen molar-refractivity contribution in [1.29, 1.82) is 0 Å². The van der Waals surface area contributed by atoms with Crippen molar-refractivity contribution in [3.8, 4) is 0 Å². The van der Waals surface area contributed by atoms with Gasteiger partial charge in [-0.2, -0.15) is 0 Å². The number of halogens is 1. The molecule has 0 radical (unpaired) electrons. The van der Waals surface area contributed by atoms with Crippen LogP contribution in [-0.4, -0.2) is 4.98 Å². The smallest absolute Gasteiger partial charge is 0.406 e. The van der Waals surface area contributed by atoms with E-state index in [1.165, 1.54) is 23.4 Å². The van der Waals surface area contributed by atoms with Crippen molar-refractivity contribution < 1.29 is 22.0 Å². The Morgan fingerprint density at radius 1 is 1.09 bits per heavy atom. The Balaban J connectivity index is 0.00000144. The standard InChI is InChI=1S/C15H15N5S.BrH/c16-13-9-5-1-2-6-10(9)14(18-13)19-20-15-17-11-7-3-4-8-12(11)21-15;/h1-2,5-6,18H,3-4,7-8,16H2;1H/b20-19+;. The van der Waals surface area contributed by atoms with Gasteiger partial charge in [0.15, 0.2) is 5.82 Å². The van der Waals surface area contributed by atoms with Gasteiger partial charge in [0.25, 0.3) is 0 Å². The predicted molar refractivity (Wildman–Crippen MR) is 84.4 cm³/mol. The van der Waals surface area contributed by atoms with Gasteiger partial charge >= 0.3 is 5.13 Å². The molecule has 4 N–H and O–H groups in total. The zero-order valence-electron chi connectivity index (χ0n) is 11.9. The van der Waals surface area contributed by atoms with E-state index in [1.54, 1.807) is 11.3 Å². The number of azo groups is 1. The van der Waals surface area contributed by atoms with Gasteiger partial charge in [-0.3, -0.25) is 0 Å². The second-order valence-corrected chi connectivity index (χ2v) is 6.36. The van der Waals surface area contributed by atoms with Gasteiger partial charge < -0.3 is 27.7 Å². The molecule has 1 aliphatic rings. The Hall–Kier alpha value is -1.73. The molecule has 1 aliphatic carbocycles. The minimum Gasteiger partial charge on any atom is -1.00 e. The average molecular weight is 378 g/mol. The number of aromatic amines is 2. The van der Waals surface area contributed by atoms with E-state index in [1.807, 2.05) is 24.3 Å². The zero-order valence-corrected chi connectivity index (χ0v) is 14.3. The largest absolute Gasteiger partial charge is 1.00 e. The molecular weight excluding hydrogens is 362 g/mol. The van der Waals surface area contributed by atoms with Crippen LogP contribution >= 0.6 is 11.3 Å². The van der Waals surface area contributed by atoms with Crippen LogP contribution in [0.1, 0.15) is 23.4 Å². The van der Waals surface area contributed by atoms with Gasteiger partial charge in [0.1, 0.15) is 11.5 Å². The van der Waals surface area contributed by atoms with E-state index in [0.717, 1.165) is 28.7 Å². The lowest BCUT2D eigenvalue weighted by molar-refractivity contribution is -0.370. The molecule has 0 unspecified atom stereocenters. The lowest BCUT2D eigenvalue weighted by Gasteiger charge is -2.04. The maximum absolute atomic E-state index is 5.96. The first kappa shape index (κ1) is 15.2. The van der Waals surface area contributed by atoms with Crippen LogP contribution < -0.4 is 27.7 Å². The van der Waals surface area contributed by atoms with E-state index in [-0.39, 0.29) is 17.0 Å². The summed E-state index contributed by atoms with van der Waals surface area (Å²) in [6, 6.07) is 7.93. The van der Waals surface area contributed by atoms with Crippen molar-refractivity contribution in [1.82, 2.24) is 4.98 Å². The number of aromatic nitrogens is 2. The minimum absolute atomic E-state index is 0. The number of hydrogen-bond acceptors (Lipinski definition) is 4. The van der Waals surface area contributed by atoms with Gasteiger partial charge in [0.2, 0.25) is 0 Å². The summed E-state index contributed by atoms with van der Waals surface area (Å²) in [5, 5.41) is 11.5. The van der Waals surface area contributed by atoms with Gasteiger partial charge in [-0.1, -0.05) is 24.3 Å². The third-order valence-electron chi connectivity index (χ3n) is 3.86. The molecule has 22 heavy (non-hydrogen) atoms. The topological polar surface area (TPSA) is 80.7 Å². The van der Waals surface area contributed by atoms with Gasteiger partial charge in [-0.15, -0.1) is 0 Å². The number of rotatable bonds is 2. The van der Waals surface area contributed by atoms with E-state index in [0.29, 0.717) is 11.6 Å². The molecule has 0 saturated heterocycles. The van der Waals surface area contributed by atoms with Gasteiger partial charge in [-0.05, 0) is 35.7 Å². The quantitative estimate of drug-likeness (QED) is 0.639. The average Bonchev–Trinajstić information content (AvgIpc) is 3.07. The molecule has 0 bridgehead atoms. The van der Waals surface area contributed by atoms with E-state index < -0.39 is 0 Å². The Bertz CT molecular complexity index is 812. The number of hydrogen-bond donors (Lipinski definition) is 2. The number of nitrogens with zero attached hydrogens (tertiary/aromatic N) is 2. The predicted octanol–water partition coefficient (Wildman–Crippen LogP) is 0.924. The summed E-state index contributed by atoms with van der Waals surface area (Å²) < 4.78 is 0. The fraction of sp³-hybridized carbons (Fsp3) is 0.267. The summed E-state index contributed by atoms with van der Waals surface area (Å²) >= 11 is 1.71. The first-order valence-electron chi connectivity index (χ1n) is 7.13. The van der Waals surface area contributed by atoms with Crippen molar-refractivity contribution in [2.75, 3.05) is 5.73 Å². The molecule has 4 rings (SSSR count). The number of aryl methyl sites for hydroxylation is 2. The third kappa shape index (κ3) is 2.66. The Labute approximate surface area is 142 Å². The van der Waals surface area contributed by atoms with Crippen LogP contribution in [-0.2, 0) is 12.8 Å². The van der Waals surface area contributed by atoms with E-state index in [2.05, 4.69) is 20.2 Å². The summed E-state index contributed by atoms with van der Waals surface area (Å²) in [7, 11) is 0. The van der Waals surface area contributed by atoms with Crippen molar-refractivity contribution in [3.63, 3.8) is 0 Å². The molecule has 2 heterocycles. The number of anilines is 1.